The first kappa shape index (κ1) is 18.9. The van der Waals surface area contributed by atoms with Crippen LogP contribution >= 0.6 is 0 Å². The van der Waals surface area contributed by atoms with Crippen molar-refractivity contribution in [3.8, 4) is 5.75 Å². The van der Waals surface area contributed by atoms with Crippen molar-refractivity contribution in [3.63, 3.8) is 0 Å². The number of hydrogen-bond donors (Lipinski definition) is 0. The number of nitro groups is 1. The van der Waals surface area contributed by atoms with Gasteiger partial charge >= 0.3 is 5.97 Å². The van der Waals surface area contributed by atoms with Crippen LogP contribution < -0.4 is 4.74 Å². The van der Waals surface area contributed by atoms with Gasteiger partial charge in [-0.05, 0) is 19.1 Å². The summed E-state index contributed by atoms with van der Waals surface area (Å²) >= 11 is 0. The highest BCUT2D eigenvalue weighted by Crippen LogP contribution is 2.16. The van der Waals surface area contributed by atoms with Crippen LogP contribution in [0.4, 0.5) is 5.69 Å². The zero-order valence-electron chi connectivity index (χ0n) is 13.1. The van der Waals surface area contributed by atoms with Crippen molar-refractivity contribution >= 4 is 11.7 Å². The Morgan fingerprint density at radius 1 is 1.04 bits per heavy atom. The summed E-state index contributed by atoms with van der Waals surface area (Å²) in [6, 6.07) is 5.84. The standard InChI is InChI=1S/C15H21NO7/c1-2-22-15(17)7-8-20-9-10-21-11-12-23-14-5-3-13(4-6-14)16(18)19/h3-6H,2,7-12H2,1H3. The summed E-state index contributed by atoms with van der Waals surface area (Å²) in [5, 5.41) is 10.5. The van der Waals surface area contributed by atoms with E-state index in [2.05, 4.69) is 0 Å². The van der Waals surface area contributed by atoms with Gasteiger partial charge in [-0.15, -0.1) is 0 Å². The highest BCUT2D eigenvalue weighted by molar-refractivity contribution is 5.69. The van der Waals surface area contributed by atoms with E-state index < -0.39 is 4.92 Å². The van der Waals surface area contributed by atoms with E-state index in [0.29, 0.717) is 45.4 Å². The average Bonchev–Trinajstić information content (AvgIpc) is 2.54. The molecule has 128 valence electrons. The lowest BCUT2D eigenvalue weighted by molar-refractivity contribution is -0.384. The Morgan fingerprint density at radius 2 is 1.65 bits per heavy atom. The first-order chi connectivity index (χ1) is 11.1. The van der Waals surface area contributed by atoms with Crippen LogP contribution in [0.1, 0.15) is 13.3 Å². The zero-order chi connectivity index (χ0) is 16.9. The van der Waals surface area contributed by atoms with Crippen LogP contribution in [0.2, 0.25) is 0 Å². The molecule has 8 heteroatoms. The van der Waals surface area contributed by atoms with E-state index in [1.54, 1.807) is 6.92 Å². The first-order valence-electron chi connectivity index (χ1n) is 7.32. The van der Waals surface area contributed by atoms with Crippen molar-refractivity contribution in [1.82, 2.24) is 0 Å². The predicted molar refractivity (Wildman–Crippen MR) is 81.5 cm³/mol. The molecule has 0 aliphatic heterocycles. The number of rotatable bonds is 12. The van der Waals surface area contributed by atoms with Crippen molar-refractivity contribution in [1.29, 1.82) is 0 Å². The van der Waals surface area contributed by atoms with Gasteiger partial charge in [0, 0.05) is 12.1 Å². The van der Waals surface area contributed by atoms with Crippen LogP contribution in [0, 0.1) is 10.1 Å². The lowest BCUT2D eigenvalue weighted by atomic mass is 10.3. The van der Waals surface area contributed by atoms with Gasteiger partial charge < -0.3 is 18.9 Å². The van der Waals surface area contributed by atoms with Crippen LogP contribution in [0.3, 0.4) is 0 Å². The van der Waals surface area contributed by atoms with E-state index in [1.165, 1.54) is 24.3 Å². The molecule has 0 aromatic heterocycles. The summed E-state index contributed by atoms with van der Waals surface area (Å²) in [4.78, 5) is 21.1. The topological polar surface area (TPSA) is 97.1 Å². The predicted octanol–water partition coefficient (Wildman–Crippen LogP) is 1.96. The fourth-order valence-electron chi connectivity index (χ4n) is 1.59. The number of hydrogen-bond acceptors (Lipinski definition) is 7. The normalized spacial score (nSPS) is 10.3. The fourth-order valence-corrected chi connectivity index (χ4v) is 1.59. The Balaban J connectivity index is 1.97. The molecule has 0 atom stereocenters. The van der Waals surface area contributed by atoms with E-state index in [1.807, 2.05) is 0 Å². The summed E-state index contributed by atoms with van der Waals surface area (Å²) in [5.41, 5.74) is 0.0218. The van der Waals surface area contributed by atoms with Gasteiger partial charge in [-0.25, -0.2) is 0 Å². The number of non-ortho nitro benzene ring substituents is 1. The summed E-state index contributed by atoms with van der Waals surface area (Å²) < 4.78 is 20.7. The fraction of sp³-hybridized carbons (Fsp3) is 0.533. The molecule has 0 bridgehead atoms. The minimum Gasteiger partial charge on any atom is -0.491 e. The number of nitrogens with zero attached hydrogens (tertiary/aromatic N) is 1. The highest BCUT2D eigenvalue weighted by Gasteiger charge is 2.04. The van der Waals surface area contributed by atoms with Gasteiger partial charge in [0.25, 0.3) is 5.69 Å². The lowest BCUT2D eigenvalue weighted by Crippen LogP contribution is -2.13. The Bertz CT molecular complexity index is 475. The average molecular weight is 327 g/mol. The molecule has 0 saturated heterocycles. The molecule has 0 radical (unpaired) electrons. The number of carbonyl (C=O) groups excluding carboxylic acids is 1. The second-order valence-electron chi connectivity index (χ2n) is 4.38. The highest BCUT2D eigenvalue weighted by atomic mass is 16.6. The quantitative estimate of drug-likeness (QED) is 0.250. The van der Waals surface area contributed by atoms with E-state index in [-0.39, 0.29) is 18.1 Å². The van der Waals surface area contributed by atoms with Crippen LogP contribution in [-0.4, -0.2) is 50.5 Å². The zero-order valence-corrected chi connectivity index (χ0v) is 13.1. The minimum absolute atomic E-state index is 0.0218. The molecule has 0 aliphatic rings. The molecule has 1 aromatic carbocycles. The summed E-state index contributed by atoms with van der Waals surface area (Å²) in [6.07, 6.45) is 0.233. The second kappa shape index (κ2) is 11.4. The molecule has 0 unspecified atom stereocenters. The smallest absolute Gasteiger partial charge is 0.308 e. The number of ether oxygens (including phenoxy) is 4. The van der Waals surface area contributed by atoms with Crippen LogP contribution in [0.5, 0.6) is 5.75 Å². The van der Waals surface area contributed by atoms with Gasteiger partial charge in [-0.3, -0.25) is 14.9 Å². The first-order valence-corrected chi connectivity index (χ1v) is 7.32. The van der Waals surface area contributed by atoms with E-state index >= 15 is 0 Å². The maximum Gasteiger partial charge on any atom is 0.308 e. The summed E-state index contributed by atoms with van der Waals surface area (Å²) in [7, 11) is 0. The number of benzene rings is 1. The molecule has 0 N–H and O–H groups in total. The minimum atomic E-state index is -0.463. The van der Waals surface area contributed by atoms with Crippen molar-refractivity contribution < 1.29 is 28.7 Å². The van der Waals surface area contributed by atoms with Gasteiger partial charge in [0.1, 0.15) is 12.4 Å². The molecule has 23 heavy (non-hydrogen) atoms. The number of nitro benzene ring substituents is 1. The molecule has 1 aromatic rings. The molecular formula is C15H21NO7. The molecule has 0 heterocycles. The van der Waals surface area contributed by atoms with Crippen molar-refractivity contribution in [2.45, 2.75) is 13.3 Å². The van der Waals surface area contributed by atoms with E-state index in [4.69, 9.17) is 18.9 Å². The number of carbonyl (C=O) groups is 1. The largest absolute Gasteiger partial charge is 0.491 e. The van der Waals surface area contributed by atoms with Gasteiger partial charge in [-0.1, -0.05) is 0 Å². The SMILES string of the molecule is CCOC(=O)CCOCCOCCOc1ccc([N+](=O)[O-])cc1. The van der Waals surface area contributed by atoms with Crippen molar-refractivity contribution in [2.75, 3.05) is 39.6 Å². The van der Waals surface area contributed by atoms with Crippen molar-refractivity contribution in [2.24, 2.45) is 0 Å². The maximum absolute atomic E-state index is 11.0. The molecule has 8 nitrogen and oxygen atoms in total. The third-order valence-electron chi connectivity index (χ3n) is 2.67. The van der Waals surface area contributed by atoms with E-state index in [0.717, 1.165) is 0 Å². The molecule has 0 fully saturated rings. The van der Waals surface area contributed by atoms with Gasteiger partial charge in [0.15, 0.2) is 0 Å². The molecule has 0 amide bonds. The van der Waals surface area contributed by atoms with Crippen LogP contribution in [0.15, 0.2) is 24.3 Å². The van der Waals surface area contributed by atoms with Crippen LogP contribution in [0.25, 0.3) is 0 Å². The Kier molecular flexibility index (Phi) is 9.34. The van der Waals surface area contributed by atoms with Gasteiger partial charge in [-0.2, -0.15) is 0 Å². The Labute approximate surface area is 134 Å². The lowest BCUT2D eigenvalue weighted by Gasteiger charge is -2.07. The number of esters is 1. The molecule has 0 aliphatic carbocycles. The summed E-state index contributed by atoms with van der Waals surface area (Å²) in [6.45, 7) is 3.92. The molecule has 0 spiro atoms. The molecule has 0 saturated carbocycles. The Morgan fingerprint density at radius 3 is 2.26 bits per heavy atom. The van der Waals surface area contributed by atoms with Gasteiger partial charge in [0.05, 0.1) is 44.4 Å². The monoisotopic (exact) mass is 327 g/mol. The second-order valence-corrected chi connectivity index (χ2v) is 4.38. The molecular weight excluding hydrogens is 306 g/mol. The maximum atomic E-state index is 11.0. The molecule has 1 rings (SSSR count). The Hall–Kier alpha value is -2.19. The van der Waals surface area contributed by atoms with Crippen LogP contribution in [-0.2, 0) is 19.0 Å². The van der Waals surface area contributed by atoms with E-state index in [9.17, 15) is 14.9 Å². The van der Waals surface area contributed by atoms with Gasteiger partial charge in [0.2, 0.25) is 0 Å². The third kappa shape index (κ3) is 8.74. The van der Waals surface area contributed by atoms with Crippen molar-refractivity contribution in [3.05, 3.63) is 34.4 Å². The third-order valence-corrected chi connectivity index (χ3v) is 2.67. The summed E-state index contributed by atoms with van der Waals surface area (Å²) in [5.74, 6) is 0.273.